The van der Waals surface area contributed by atoms with Gasteiger partial charge in [0.2, 0.25) is 0 Å². The molecule has 0 saturated carbocycles. The van der Waals surface area contributed by atoms with Crippen LogP contribution in [0.4, 0.5) is 0 Å². The van der Waals surface area contributed by atoms with E-state index in [2.05, 4.69) is 255 Å². The average Bonchev–Trinajstić information content (AvgIpc) is 4.10. The molecule has 0 radical (unpaired) electrons. The maximum absolute atomic E-state index is 2.45. The quantitative estimate of drug-likeness (QED) is 0.121. The van der Waals surface area contributed by atoms with Crippen molar-refractivity contribution in [2.75, 3.05) is 0 Å². The van der Waals surface area contributed by atoms with Crippen LogP contribution in [0.5, 0.6) is 0 Å². The van der Waals surface area contributed by atoms with Crippen LogP contribution in [0.1, 0.15) is 44.5 Å². The number of benzene rings is 8. The van der Waals surface area contributed by atoms with Crippen LogP contribution < -0.4 is 9.55 Å². The van der Waals surface area contributed by atoms with E-state index in [1.807, 2.05) is 11.3 Å². The van der Waals surface area contributed by atoms with E-state index >= 15 is 0 Å². The van der Waals surface area contributed by atoms with Gasteiger partial charge in [0.05, 0.1) is 0 Å². The van der Waals surface area contributed by atoms with Gasteiger partial charge in [-0.25, -0.2) is 0 Å². The molecule has 0 nitrogen and oxygen atoms in total. The minimum absolute atomic E-state index is 0.0316. The van der Waals surface area contributed by atoms with Gasteiger partial charge in [-0.2, -0.15) is 11.3 Å². The molecule has 0 fully saturated rings. The smallest absolute Gasteiger partial charge is 0.163 e. The molecule has 11 rings (SSSR count). The van der Waals surface area contributed by atoms with Crippen molar-refractivity contribution < 1.29 is 0 Å². The van der Waals surface area contributed by atoms with Crippen molar-refractivity contribution in [3.63, 3.8) is 0 Å². The Balaban J connectivity index is 1.22. The van der Waals surface area contributed by atoms with Crippen LogP contribution in [0.3, 0.4) is 0 Å². The summed E-state index contributed by atoms with van der Waals surface area (Å²) in [5.41, 5.74) is 20.4. The second-order valence-corrected chi connectivity index (χ2v) is 17.3. The summed E-state index contributed by atoms with van der Waals surface area (Å²) in [7, 11) is 0. The molecule has 0 atom stereocenters. The third-order valence-electron chi connectivity index (χ3n) is 12.5. The Morgan fingerprint density at radius 3 is 0.556 bits per heavy atom. The largest absolute Gasteiger partial charge is 0.256 e. The van der Waals surface area contributed by atoms with Crippen LogP contribution in [0.25, 0.3) is 44.2 Å². The fraction of sp³-hybridized carbons (Fsp3) is 0. The van der Waals surface area contributed by atoms with Crippen LogP contribution in [0.15, 0.2) is 255 Å². The molecule has 2 aliphatic heterocycles. The molecule has 0 bridgehead atoms. The summed E-state index contributed by atoms with van der Waals surface area (Å²) in [5.74, 6) is 0. The van der Waals surface area contributed by atoms with Gasteiger partial charge in [-0.1, -0.05) is 277 Å². The fourth-order valence-corrected chi connectivity index (χ4v) is 11.2. The van der Waals surface area contributed by atoms with Gasteiger partial charge in [0, 0.05) is 0 Å². The topological polar surface area (TPSA) is 0 Å². The van der Waals surface area contributed by atoms with Crippen LogP contribution >= 0.6 is 11.3 Å². The maximum atomic E-state index is 2.45. The number of allylic oxidation sites excluding steroid dienone is 4. The fourth-order valence-electron chi connectivity index (χ4n) is 9.99. The molecule has 0 N–H and O–H groups in total. The molecule has 0 spiro atoms. The lowest BCUT2D eigenvalue weighted by atomic mass is 9.37. The first-order chi connectivity index (χ1) is 31.3. The Morgan fingerprint density at radius 2 is 0.365 bits per heavy atom. The Labute approximate surface area is 375 Å². The van der Waals surface area contributed by atoms with Gasteiger partial charge in [-0.3, -0.25) is 0 Å². The highest BCUT2D eigenvalue weighted by Crippen LogP contribution is 2.53. The lowest BCUT2D eigenvalue weighted by molar-refractivity contribution is 1.58. The zero-order valence-corrected chi connectivity index (χ0v) is 35.6. The molecular weight excluding hydrogens is 774 g/mol. The van der Waals surface area contributed by atoms with Crippen molar-refractivity contribution in [1.82, 2.24) is 0 Å². The summed E-state index contributed by atoms with van der Waals surface area (Å²) in [5, 5.41) is 0. The van der Waals surface area contributed by atoms with E-state index in [0.717, 1.165) is 0 Å². The van der Waals surface area contributed by atoms with Crippen LogP contribution in [-0.2, 0) is 0 Å². The Kier molecular flexibility index (Phi) is 10.5. The van der Waals surface area contributed by atoms with E-state index in [4.69, 9.17) is 0 Å². The molecule has 63 heavy (non-hydrogen) atoms. The molecule has 2 aliphatic rings. The molecule has 0 saturated heterocycles. The Bertz CT molecular complexity index is 2740. The van der Waals surface area contributed by atoms with E-state index in [1.165, 1.54) is 98.2 Å². The summed E-state index contributed by atoms with van der Waals surface area (Å²) in [6, 6.07) is 93.5. The van der Waals surface area contributed by atoms with E-state index < -0.39 is 0 Å². The van der Waals surface area contributed by atoms with Crippen LogP contribution in [0.2, 0.25) is 0 Å². The van der Waals surface area contributed by atoms with Gasteiger partial charge in [0.15, 0.2) is 0 Å². The highest BCUT2D eigenvalue weighted by Gasteiger charge is 2.44. The number of thiophene rings is 1. The first kappa shape index (κ1) is 38.5. The lowest BCUT2D eigenvalue weighted by Crippen LogP contribution is -2.33. The van der Waals surface area contributed by atoms with Gasteiger partial charge < -0.3 is 0 Å². The zero-order valence-electron chi connectivity index (χ0n) is 34.8. The summed E-state index contributed by atoms with van der Waals surface area (Å²) in [4.78, 5) is 0. The molecule has 9 aromatic rings. The van der Waals surface area contributed by atoms with Crippen molar-refractivity contribution >= 4 is 78.5 Å². The normalized spacial score (nSPS) is 14.0. The van der Waals surface area contributed by atoms with Crippen molar-refractivity contribution in [2.45, 2.75) is 0 Å². The molecule has 3 heteroatoms. The Hall–Kier alpha value is -7.45. The minimum Gasteiger partial charge on any atom is -0.163 e. The number of rotatable bonds is 10. The van der Waals surface area contributed by atoms with Crippen LogP contribution in [-0.4, -0.2) is 13.4 Å². The molecule has 294 valence electrons. The first-order valence-electron chi connectivity index (χ1n) is 21.8. The van der Waals surface area contributed by atoms with Crippen molar-refractivity contribution in [3.05, 3.63) is 299 Å². The summed E-state index contributed by atoms with van der Waals surface area (Å²) in [6.07, 6.45) is 0. The minimum atomic E-state index is -0.0316. The Morgan fingerprint density at radius 1 is 0.190 bits per heavy atom. The van der Waals surface area contributed by atoms with E-state index in [0.29, 0.717) is 0 Å². The third-order valence-corrected chi connectivity index (χ3v) is 13.8. The average molecular weight is 817 g/mol. The highest BCUT2D eigenvalue weighted by molar-refractivity contribution is 7.39. The maximum Gasteiger partial charge on any atom is 0.256 e. The first-order valence-corrected chi connectivity index (χ1v) is 22.7. The van der Waals surface area contributed by atoms with Gasteiger partial charge >= 0.3 is 0 Å². The van der Waals surface area contributed by atoms with E-state index in [1.54, 1.807) is 0 Å². The highest BCUT2D eigenvalue weighted by atomic mass is 32.1. The van der Waals surface area contributed by atoms with Crippen molar-refractivity contribution in [2.24, 2.45) is 0 Å². The summed E-state index contributed by atoms with van der Waals surface area (Å²) in [6.45, 7) is -0.0632. The van der Waals surface area contributed by atoms with Crippen LogP contribution in [0, 0.1) is 0 Å². The lowest BCUT2D eigenvalue weighted by Gasteiger charge is -2.19. The predicted molar refractivity (Wildman–Crippen MR) is 274 cm³/mol. The predicted octanol–water partition coefficient (Wildman–Crippen LogP) is 13.8. The molecule has 1 aromatic heterocycles. The second-order valence-electron chi connectivity index (χ2n) is 16.2. The van der Waals surface area contributed by atoms with Gasteiger partial charge in [-0.15, -0.1) is 0 Å². The SMILES string of the molecule is c1ccc(C2=C(c3ccccc3)C(c3ccccc3)=C(c3ccccc3)B2c2ccc(B3C(c4ccccc4)=C(c4ccccc4)C(c4ccccc4)=C3c3ccccc3)s2)cc1. The number of hydrogen-bond donors (Lipinski definition) is 0. The molecule has 0 unspecified atom stereocenters. The number of hydrogen-bond acceptors (Lipinski definition) is 1. The third kappa shape index (κ3) is 7.11. The second kappa shape index (κ2) is 17.1. The van der Waals surface area contributed by atoms with Crippen molar-refractivity contribution in [3.8, 4) is 0 Å². The van der Waals surface area contributed by atoms with E-state index in [9.17, 15) is 0 Å². The van der Waals surface area contributed by atoms with Gasteiger partial charge in [-0.05, 0) is 76.4 Å². The molecule has 3 heterocycles. The van der Waals surface area contributed by atoms with Gasteiger partial charge in [0.1, 0.15) is 0 Å². The summed E-state index contributed by atoms with van der Waals surface area (Å²) < 4.78 is 2.66. The zero-order chi connectivity index (χ0) is 42.0. The van der Waals surface area contributed by atoms with Crippen molar-refractivity contribution in [1.29, 1.82) is 0 Å². The van der Waals surface area contributed by atoms with Gasteiger partial charge in [0.25, 0.3) is 13.4 Å². The van der Waals surface area contributed by atoms with E-state index in [-0.39, 0.29) is 13.4 Å². The molecule has 0 aliphatic carbocycles. The molecule has 8 aromatic carbocycles. The molecule has 0 amide bonds. The molecular formula is C60H42B2S. The summed E-state index contributed by atoms with van der Waals surface area (Å²) >= 11 is 1.97. The monoisotopic (exact) mass is 816 g/mol. The standard InChI is InChI=1S/C60H42B2S/c1-9-25-43(26-10-1)53-54(44-27-11-2-12-28-44)58(48-35-19-6-20-36-48)61(57(53)47-33-17-5-18-34-47)51-41-42-52(63-51)62-59(49-37-21-7-22-38-49)55(45-29-13-3-14-30-45)56(46-31-15-4-16-32-46)60(62)50-39-23-8-24-40-50/h1-42H.